The second-order valence-electron chi connectivity index (χ2n) is 7.04. The topological polar surface area (TPSA) is 80.0 Å². The normalized spacial score (nSPS) is 11.4. The molecule has 0 bridgehead atoms. The molecule has 0 aliphatic rings. The maximum atomic E-state index is 13.5. The van der Waals surface area contributed by atoms with Crippen molar-refractivity contribution in [1.29, 1.82) is 0 Å². The first-order valence-electron chi connectivity index (χ1n) is 9.49. The van der Waals surface area contributed by atoms with E-state index >= 15 is 0 Å². The van der Waals surface area contributed by atoms with Gasteiger partial charge < -0.3 is 10.4 Å². The van der Waals surface area contributed by atoms with Gasteiger partial charge in [0.1, 0.15) is 5.75 Å². The van der Waals surface area contributed by atoms with Crippen LogP contribution in [0.1, 0.15) is 15.9 Å². The van der Waals surface area contributed by atoms with Crippen molar-refractivity contribution in [3.63, 3.8) is 0 Å². The highest BCUT2D eigenvalue weighted by Crippen LogP contribution is 2.37. The molecule has 162 valence electrons. The monoisotopic (exact) mass is 438 g/mol. The van der Waals surface area contributed by atoms with Crippen molar-refractivity contribution < 1.29 is 23.1 Å². The fourth-order valence-electron chi connectivity index (χ4n) is 3.27. The van der Waals surface area contributed by atoms with Gasteiger partial charge in [0.2, 0.25) is 0 Å². The number of carbonyl (C=O) groups excluding carboxylic acids is 1. The number of anilines is 1. The molecule has 9 heteroatoms. The molecule has 0 unspecified atom stereocenters. The van der Waals surface area contributed by atoms with Crippen LogP contribution >= 0.6 is 0 Å². The molecule has 0 aliphatic carbocycles. The van der Waals surface area contributed by atoms with Gasteiger partial charge in [0.05, 0.1) is 28.8 Å². The average molecular weight is 438 g/mol. The lowest BCUT2D eigenvalue weighted by Crippen LogP contribution is -2.15. The van der Waals surface area contributed by atoms with Crippen LogP contribution in [0, 0.1) is 0 Å². The minimum absolute atomic E-state index is 0.000933. The van der Waals surface area contributed by atoms with Gasteiger partial charge >= 0.3 is 6.18 Å². The Bertz CT molecular complexity index is 1280. The summed E-state index contributed by atoms with van der Waals surface area (Å²) >= 11 is 0. The highest BCUT2D eigenvalue weighted by atomic mass is 19.4. The van der Waals surface area contributed by atoms with E-state index in [2.05, 4.69) is 15.4 Å². The van der Waals surface area contributed by atoms with Crippen molar-refractivity contribution in [2.24, 2.45) is 7.05 Å². The number of rotatable bonds is 4. The number of nitrogens with one attached hydrogen (secondary N) is 1. The zero-order valence-corrected chi connectivity index (χ0v) is 16.8. The fourth-order valence-corrected chi connectivity index (χ4v) is 3.27. The van der Waals surface area contributed by atoms with Crippen LogP contribution in [-0.4, -0.2) is 25.8 Å². The first-order chi connectivity index (χ1) is 15.2. The third kappa shape index (κ3) is 4.31. The molecule has 0 atom stereocenters. The minimum atomic E-state index is -4.61. The molecule has 4 aromatic rings. The SMILES string of the molecule is Cn1ccc(-c2cc(C(=O)Nc3cc(O)cnc3-c3ccccc3)ccc2C(F)(F)F)n1. The van der Waals surface area contributed by atoms with Crippen LogP contribution in [0.4, 0.5) is 18.9 Å². The lowest BCUT2D eigenvalue weighted by Gasteiger charge is -2.14. The van der Waals surface area contributed by atoms with Gasteiger partial charge in [-0.25, -0.2) is 0 Å². The molecule has 2 aromatic heterocycles. The number of halogens is 3. The maximum absolute atomic E-state index is 13.5. The molecule has 0 saturated carbocycles. The number of amides is 1. The summed E-state index contributed by atoms with van der Waals surface area (Å²) in [5.41, 5.74) is 0.331. The maximum Gasteiger partial charge on any atom is 0.417 e. The third-order valence-corrected chi connectivity index (χ3v) is 4.75. The zero-order chi connectivity index (χ0) is 22.9. The average Bonchev–Trinajstić information content (AvgIpc) is 3.19. The Kier molecular flexibility index (Phi) is 5.40. The summed E-state index contributed by atoms with van der Waals surface area (Å²) in [6, 6.07) is 14.9. The number of aryl methyl sites for hydroxylation is 1. The van der Waals surface area contributed by atoms with Gasteiger partial charge in [-0.3, -0.25) is 14.5 Å². The van der Waals surface area contributed by atoms with Crippen LogP contribution in [0.3, 0.4) is 0 Å². The number of nitrogens with zero attached hydrogens (tertiary/aromatic N) is 3. The molecular formula is C23H17F3N4O2. The third-order valence-electron chi connectivity index (χ3n) is 4.75. The van der Waals surface area contributed by atoms with Gasteiger partial charge in [0.15, 0.2) is 0 Å². The molecule has 2 aromatic carbocycles. The largest absolute Gasteiger partial charge is 0.506 e. The first kappa shape index (κ1) is 21.1. The Labute approximate surface area is 181 Å². The summed E-state index contributed by atoms with van der Waals surface area (Å²) in [5, 5.41) is 16.5. The van der Waals surface area contributed by atoms with E-state index < -0.39 is 17.6 Å². The molecule has 0 radical (unpaired) electrons. The predicted octanol–water partition coefficient (Wildman–Crippen LogP) is 5.13. The van der Waals surface area contributed by atoms with Gasteiger partial charge in [-0.05, 0) is 24.3 Å². The number of pyridine rings is 1. The molecule has 2 heterocycles. The lowest BCUT2D eigenvalue weighted by atomic mass is 10.00. The van der Waals surface area contributed by atoms with Crippen LogP contribution in [0.5, 0.6) is 5.75 Å². The molecular weight excluding hydrogens is 421 g/mol. The number of hydrogen-bond donors (Lipinski definition) is 2. The molecule has 4 rings (SSSR count). The van der Waals surface area contributed by atoms with Crippen molar-refractivity contribution in [2.75, 3.05) is 5.32 Å². The molecule has 2 N–H and O–H groups in total. The summed E-state index contributed by atoms with van der Waals surface area (Å²) in [4.78, 5) is 17.1. The fraction of sp³-hybridized carbons (Fsp3) is 0.0870. The van der Waals surface area contributed by atoms with Crippen molar-refractivity contribution in [3.8, 4) is 28.3 Å². The molecule has 1 amide bonds. The standard InChI is InChI=1S/C23H17F3N4O2/c1-30-10-9-19(29-30)17-11-15(7-8-18(17)23(24,25)26)22(32)28-20-12-16(31)13-27-21(20)14-5-3-2-4-6-14/h2-13,31H,1H3,(H,28,32). The number of benzene rings is 2. The number of aromatic hydroxyl groups is 1. The van der Waals surface area contributed by atoms with E-state index in [0.29, 0.717) is 11.3 Å². The molecule has 0 saturated heterocycles. The van der Waals surface area contributed by atoms with Crippen molar-refractivity contribution in [2.45, 2.75) is 6.18 Å². The van der Waals surface area contributed by atoms with Crippen molar-refractivity contribution in [3.05, 3.63) is 84.2 Å². The first-order valence-corrected chi connectivity index (χ1v) is 9.49. The number of alkyl halides is 3. The van der Waals surface area contributed by atoms with Crippen LogP contribution in [0.15, 0.2) is 73.1 Å². The minimum Gasteiger partial charge on any atom is -0.506 e. The van der Waals surface area contributed by atoms with E-state index in [0.717, 1.165) is 18.2 Å². The van der Waals surface area contributed by atoms with Crippen LogP contribution in [-0.2, 0) is 13.2 Å². The quantitative estimate of drug-likeness (QED) is 0.463. The van der Waals surface area contributed by atoms with Gasteiger partial charge in [0.25, 0.3) is 5.91 Å². The Hall–Kier alpha value is -4.14. The van der Waals surface area contributed by atoms with E-state index in [-0.39, 0.29) is 28.3 Å². The van der Waals surface area contributed by atoms with Gasteiger partial charge in [-0.1, -0.05) is 30.3 Å². The van der Waals surface area contributed by atoms with Gasteiger partial charge in [-0.2, -0.15) is 18.3 Å². The Morgan fingerprint density at radius 2 is 1.81 bits per heavy atom. The molecule has 32 heavy (non-hydrogen) atoms. The van der Waals surface area contributed by atoms with E-state index in [1.807, 2.05) is 6.07 Å². The highest BCUT2D eigenvalue weighted by molar-refractivity contribution is 6.06. The summed E-state index contributed by atoms with van der Waals surface area (Å²) < 4.78 is 42.0. The molecule has 0 spiro atoms. The van der Waals surface area contributed by atoms with Crippen molar-refractivity contribution in [1.82, 2.24) is 14.8 Å². The summed E-state index contributed by atoms with van der Waals surface area (Å²) in [6.07, 6.45) is -1.85. The van der Waals surface area contributed by atoms with Gasteiger partial charge in [0, 0.05) is 36.0 Å². The zero-order valence-electron chi connectivity index (χ0n) is 16.8. The van der Waals surface area contributed by atoms with E-state index in [1.54, 1.807) is 31.3 Å². The lowest BCUT2D eigenvalue weighted by molar-refractivity contribution is -0.137. The van der Waals surface area contributed by atoms with E-state index in [4.69, 9.17) is 0 Å². The van der Waals surface area contributed by atoms with E-state index in [1.165, 1.54) is 29.2 Å². The second kappa shape index (κ2) is 8.18. The summed E-state index contributed by atoms with van der Waals surface area (Å²) in [5.74, 6) is -0.818. The molecule has 0 fully saturated rings. The second-order valence-corrected chi connectivity index (χ2v) is 7.04. The number of carbonyl (C=O) groups is 1. The molecule has 6 nitrogen and oxygen atoms in total. The highest BCUT2D eigenvalue weighted by Gasteiger charge is 2.34. The predicted molar refractivity (Wildman–Crippen MR) is 113 cm³/mol. The van der Waals surface area contributed by atoms with Crippen LogP contribution in [0.25, 0.3) is 22.5 Å². The van der Waals surface area contributed by atoms with Gasteiger partial charge in [-0.15, -0.1) is 0 Å². The molecule has 0 aliphatic heterocycles. The smallest absolute Gasteiger partial charge is 0.417 e. The Balaban J connectivity index is 1.73. The van der Waals surface area contributed by atoms with Crippen LogP contribution < -0.4 is 5.32 Å². The Morgan fingerprint density at radius 3 is 2.47 bits per heavy atom. The van der Waals surface area contributed by atoms with Crippen molar-refractivity contribution >= 4 is 11.6 Å². The van der Waals surface area contributed by atoms with Crippen LogP contribution in [0.2, 0.25) is 0 Å². The summed E-state index contributed by atoms with van der Waals surface area (Å²) in [6.45, 7) is 0. The van der Waals surface area contributed by atoms with E-state index in [9.17, 15) is 23.1 Å². The Morgan fingerprint density at radius 1 is 1.06 bits per heavy atom. The number of aromatic nitrogens is 3. The summed E-state index contributed by atoms with van der Waals surface area (Å²) in [7, 11) is 1.59. The number of hydrogen-bond acceptors (Lipinski definition) is 4.